The molecule has 1 aliphatic carbocycles. The third-order valence-electron chi connectivity index (χ3n) is 7.09. The molecule has 6 nitrogen and oxygen atoms in total. The molecule has 0 spiro atoms. The highest BCUT2D eigenvalue weighted by Gasteiger charge is 2.34. The van der Waals surface area contributed by atoms with E-state index in [1.165, 1.54) is 16.9 Å². The summed E-state index contributed by atoms with van der Waals surface area (Å²) in [6.45, 7) is 0. The maximum atomic E-state index is 14.1. The number of hydrogen-bond donors (Lipinski definition) is 0. The summed E-state index contributed by atoms with van der Waals surface area (Å²) in [5.74, 6) is 2.13. The number of aryl methyl sites for hydroxylation is 1. The number of nitrogens with zero attached hydrogens (tertiary/aromatic N) is 2. The summed E-state index contributed by atoms with van der Waals surface area (Å²) in [7, 11) is 4.93. The van der Waals surface area contributed by atoms with Crippen molar-refractivity contribution in [2.75, 3.05) is 21.3 Å². The lowest BCUT2D eigenvalue weighted by atomic mass is 9.83. The molecule has 1 unspecified atom stereocenters. The van der Waals surface area contributed by atoms with Crippen LogP contribution in [-0.4, -0.2) is 25.9 Å². The molecule has 38 heavy (non-hydrogen) atoms. The first-order chi connectivity index (χ1) is 18.5. The van der Waals surface area contributed by atoms with E-state index in [1.54, 1.807) is 21.3 Å². The van der Waals surface area contributed by atoms with Crippen LogP contribution in [0.25, 0.3) is 11.8 Å². The van der Waals surface area contributed by atoms with E-state index < -0.39 is 0 Å². The fourth-order valence-electron chi connectivity index (χ4n) is 5.25. The monoisotopic (exact) mass is 588 g/mol. The van der Waals surface area contributed by atoms with Crippen LogP contribution in [0.4, 0.5) is 0 Å². The van der Waals surface area contributed by atoms with Crippen molar-refractivity contribution in [3.8, 4) is 17.2 Å². The van der Waals surface area contributed by atoms with Crippen LogP contribution in [-0.2, 0) is 6.42 Å². The van der Waals surface area contributed by atoms with Crippen LogP contribution in [0.5, 0.6) is 17.2 Å². The van der Waals surface area contributed by atoms with Crippen molar-refractivity contribution in [2.45, 2.75) is 18.9 Å². The van der Waals surface area contributed by atoms with E-state index in [-0.39, 0.29) is 11.6 Å². The largest absolute Gasteiger partial charge is 0.497 e. The fourth-order valence-corrected chi connectivity index (χ4v) is 6.61. The third-order valence-corrected chi connectivity index (χ3v) is 8.80. The number of methoxy groups -OCH3 is 3. The molecule has 8 heteroatoms. The van der Waals surface area contributed by atoms with Gasteiger partial charge in [-0.15, -0.1) is 0 Å². The molecule has 1 atom stereocenters. The summed E-state index contributed by atoms with van der Waals surface area (Å²) in [4.78, 5) is 19.8. The molecule has 0 saturated carbocycles. The first kappa shape index (κ1) is 24.7. The van der Waals surface area contributed by atoms with Crippen LogP contribution < -0.4 is 29.1 Å². The Balaban J connectivity index is 1.65. The summed E-state index contributed by atoms with van der Waals surface area (Å²) in [5, 5.41) is 0. The normalized spacial score (nSPS) is 16.3. The Morgan fingerprint density at radius 3 is 2.53 bits per heavy atom. The highest BCUT2D eigenvalue weighted by atomic mass is 79.9. The lowest BCUT2D eigenvalue weighted by molar-refractivity contribution is 0.392. The molecule has 192 valence electrons. The Morgan fingerprint density at radius 1 is 0.974 bits per heavy atom. The number of rotatable bonds is 5. The molecule has 0 saturated heterocycles. The zero-order valence-electron chi connectivity index (χ0n) is 21.2. The average molecular weight is 590 g/mol. The van der Waals surface area contributed by atoms with Gasteiger partial charge in [0.2, 0.25) is 0 Å². The molecule has 0 radical (unpaired) electrons. The van der Waals surface area contributed by atoms with Crippen molar-refractivity contribution < 1.29 is 14.2 Å². The van der Waals surface area contributed by atoms with Crippen LogP contribution in [0, 0.1) is 0 Å². The second kappa shape index (κ2) is 9.93. The molecule has 2 aliphatic rings. The van der Waals surface area contributed by atoms with Gasteiger partial charge in [0.15, 0.2) is 4.80 Å². The number of allylic oxidation sites excluding steroid dienone is 1. The van der Waals surface area contributed by atoms with E-state index in [0.717, 1.165) is 51.0 Å². The van der Waals surface area contributed by atoms with Gasteiger partial charge in [0.1, 0.15) is 17.2 Å². The molecule has 6 rings (SSSR count). The molecule has 3 aromatic carbocycles. The molecule has 0 N–H and O–H groups in total. The molecular weight excluding hydrogens is 564 g/mol. The van der Waals surface area contributed by atoms with Crippen LogP contribution in [0.1, 0.15) is 34.7 Å². The summed E-state index contributed by atoms with van der Waals surface area (Å²) in [5.41, 5.74) is 6.08. The standard InChI is InChI=1S/C30H25BrN2O4S/c1-35-19-9-12-24(31)18(14-19)15-26-29(34)33-28(23-16-20(36-2)10-13-25(23)37-3)22-11-8-17-6-4-5-7-21(17)27(22)32-30(33)38-26/h4-7,9-10,12-16,28H,8,11H2,1-3H3. The van der Waals surface area contributed by atoms with Crippen molar-refractivity contribution in [1.82, 2.24) is 4.57 Å². The minimum Gasteiger partial charge on any atom is -0.497 e. The molecule has 0 bridgehead atoms. The average Bonchev–Trinajstić information content (AvgIpc) is 3.26. The number of aromatic nitrogens is 1. The van der Waals surface area contributed by atoms with Gasteiger partial charge >= 0.3 is 0 Å². The molecule has 1 aromatic heterocycles. The highest BCUT2D eigenvalue weighted by Crippen LogP contribution is 2.44. The third kappa shape index (κ3) is 4.08. The Bertz CT molecular complexity index is 1790. The molecule has 0 fully saturated rings. The molecule has 1 aliphatic heterocycles. The predicted octanol–water partition coefficient (Wildman–Crippen LogP) is 5.11. The van der Waals surface area contributed by atoms with Gasteiger partial charge in [-0.1, -0.05) is 51.5 Å². The Hall–Kier alpha value is -3.62. The molecule has 4 aromatic rings. The quantitative estimate of drug-likeness (QED) is 0.325. The van der Waals surface area contributed by atoms with Crippen molar-refractivity contribution in [3.63, 3.8) is 0 Å². The van der Waals surface area contributed by atoms with Crippen LogP contribution >= 0.6 is 27.3 Å². The van der Waals surface area contributed by atoms with E-state index >= 15 is 0 Å². The smallest absolute Gasteiger partial charge is 0.271 e. The van der Waals surface area contributed by atoms with Gasteiger partial charge in [-0.2, -0.15) is 0 Å². The van der Waals surface area contributed by atoms with Crippen molar-refractivity contribution in [2.24, 2.45) is 4.99 Å². The zero-order valence-corrected chi connectivity index (χ0v) is 23.6. The lowest BCUT2D eigenvalue weighted by Gasteiger charge is -2.31. The zero-order chi connectivity index (χ0) is 26.4. The topological polar surface area (TPSA) is 62.0 Å². The summed E-state index contributed by atoms with van der Waals surface area (Å²) in [6, 6.07) is 19.5. The summed E-state index contributed by atoms with van der Waals surface area (Å²) < 4.78 is 20.1. The van der Waals surface area contributed by atoms with Gasteiger partial charge in [-0.05, 0) is 72.0 Å². The first-order valence-corrected chi connectivity index (χ1v) is 13.8. The number of fused-ring (bicyclic) bond motifs is 3. The van der Waals surface area contributed by atoms with Crippen molar-refractivity contribution >= 4 is 39.0 Å². The SMILES string of the molecule is COc1ccc(Br)c(C=c2sc3n(c2=O)C(c2cc(OC)ccc2OC)C2=C(N=3)c3ccccc3CC2)c1. The van der Waals surface area contributed by atoms with Gasteiger partial charge in [0.25, 0.3) is 5.56 Å². The highest BCUT2D eigenvalue weighted by molar-refractivity contribution is 9.10. The predicted molar refractivity (Wildman–Crippen MR) is 153 cm³/mol. The van der Waals surface area contributed by atoms with E-state index in [0.29, 0.717) is 20.8 Å². The minimum absolute atomic E-state index is 0.0937. The van der Waals surface area contributed by atoms with Crippen molar-refractivity contribution in [1.29, 1.82) is 0 Å². The second-order valence-corrected chi connectivity index (χ2v) is 11.0. The maximum absolute atomic E-state index is 14.1. The Kier molecular flexibility index (Phi) is 6.45. The second-order valence-electron chi connectivity index (χ2n) is 9.11. The van der Waals surface area contributed by atoms with Gasteiger partial charge in [-0.3, -0.25) is 9.36 Å². The number of thiazole rings is 1. The van der Waals surface area contributed by atoms with E-state index in [1.807, 2.05) is 53.1 Å². The number of ether oxygens (including phenoxy) is 3. The Morgan fingerprint density at radius 2 is 1.74 bits per heavy atom. The van der Waals surface area contributed by atoms with Gasteiger partial charge in [0, 0.05) is 15.6 Å². The van der Waals surface area contributed by atoms with E-state index in [9.17, 15) is 4.79 Å². The van der Waals surface area contributed by atoms with Crippen LogP contribution in [0.2, 0.25) is 0 Å². The maximum Gasteiger partial charge on any atom is 0.271 e. The summed E-state index contributed by atoms with van der Waals surface area (Å²) in [6.07, 6.45) is 3.58. The molecule has 2 heterocycles. The minimum atomic E-state index is -0.365. The number of benzene rings is 3. The number of hydrogen-bond acceptors (Lipinski definition) is 6. The van der Waals surface area contributed by atoms with Crippen LogP contribution in [0.3, 0.4) is 0 Å². The lowest BCUT2D eigenvalue weighted by Crippen LogP contribution is -2.39. The Labute approximate surface area is 232 Å². The van der Waals surface area contributed by atoms with E-state index in [4.69, 9.17) is 19.2 Å². The van der Waals surface area contributed by atoms with Crippen LogP contribution in [0.15, 0.2) is 80.5 Å². The first-order valence-electron chi connectivity index (χ1n) is 12.2. The molecular formula is C30H25BrN2O4S. The fraction of sp³-hybridized carbons (Fsp3) is 0.200. The van der Waals surface area contributed by atoms with Crippen molar-refractivity contribution in [3.05, 3.63) is 113 Å². The van der Waals surface area contributed by atoms with Gasteiger partial charge in [-0.25, -0.2) is 4.99 Å². The van der Waals surface area contributed by atoms with Gasteiger partial charge in [0.05, 0.1) is 37.6 Å². The summed E-state index contributed by atoms with van der Waals surface area (Å²) >= 11 is 5.00. The van der Waals surface area contributed by atoms with E-state index in [2.05, 4.69) is 34.1 Å². The number of halogens is 1. The molecule has 0 amide bonds. The van der Waals surface area contributed by atoms with Gasteiger partial charge < -0.3 is 14.2 Å².